The first-order chi connectivity index (χ1) is 11.9. The smallest absolute Gasteiger partial charge is 0.239 e. The van der Waals surface area contributed by atoms with Crippen molar-refractivity contribution in [3.63, 3.8) is 0 Å². The molecule has 0 bridgehead atoms. The maximum absolute atomic E-state index is 12.9. The number of aromatic nitrogens is 2. The molecule has 2 heterocycles. The summed E-state index contributed by atoms with van der Waals surface area (Å²) in [5, 5.41) is 2.92. The second-order valence-corrected chi connectivity index (χ2v) is 6.55. The number of carbonyl (C=O) groups is 1. The quantitative estimate of drug-likeness (QED) is 0.501. The van der Waals surface area contributed by atoms with Crippen LogP contribution in [-0.2, 0) is 10.2 Å². The number of anilines is 1. The monoisotopic (exact) mass is 338 g/mol. The van der Waals surface area contributed by atoms with Crippen molar-refractivity contribution in [2.45, 2.75) is 32.5 Å². The summed E-state index contributed by atoms with van der Waals surface area (Å²) in [6.45, 7) is 5.66. The molecule has 1 aliphatic rings. The van der Waals surface area contributed by atoms with Gasteiger partial charge in [-0.05, 0) is 38.0 Å². The molecule has 7 nitrogen and oxygen atoms in total. The zero-order valence-corrected chi connectivity index (χ0v) is 14.8. The van der Waals surface area contributed by atoms with Gasteiger partial charge in [-0.25, -0.2) is 9.97 Å². The first-order valence-corrected chi connectivity index (χ1v) is 8.05. The lowest BCUT2D eigenvalue weighted by atomic mass is 9.85. The maximum atomic E-state index is 12.9. The van der Waals surface area contributed by atoms with Gasteiger partial charge in [-0.2, -0.15) is 0 Å². The van der Waals surface area contributed by atoms with Crippen LogP contribution in [0.1, 0.15) is 25.2 Å². The van der Waals surface area contributed by atoms with Gasteiger partial charge in [-0.3, -0.25) is 20.4 Å². The van der Waals surface area contributed by atoms with Crippen LogP contribution in [0.4, 0.5) is 5.69 Å². The Labute approximate surface area is 147 Å². The summed E-state index contributed by atoms with van der Waals surface area (Å²) in [7, 11) is 1.64. The van der Waals surface area contributed by atoms with Crippen molar-refractivity contribution in [2.75, 3.05) is 11.9 Å². The van der Waals surface area contributed by atoms with E-state index in [0.29, 0.717) is 5.82 Å². The molecule has 3 N–H and O–H groups in total. The van der Waals surface area contributed by atoms with Crippen molar-refractivity contribution in [1.82, 2.24) is 15.3 Å². The fourth-order valence-electron chi connectivity index (χ4n) is 3.01. The summed E-state index contributed by atoms with van der Waals surface area (Å²) < 4.78 is 0. The first-order valence-electron chi connectivity index (χ1n) is 8.05. The highest BCUT2D eigenvalue weighted by Gasteiger charge is 2.45. The van der Waals surface area contributed by atoms with E-state index in [1.54, 1.807) is 24.3 Å². The Hall–Kier alpha value is -2.80. The Morgan fingerprint density at radius 2 is 1.96 bits per heavy atom. The number of hydrogen-bond acceptors (Lipinski definition) is 5. The summed E-state index contributed by atoms with van der Waals surface area (Å²) in [5.41, 5.74) is 9.10. The predicted octanol–water partition coefficient (Wildman–Crippen LogP) is 1.57. The number of nitrogens with two attached hydrogens (primary N) is 1. The number of nitrogens with zero attached hydrogens (tertiary/aromatic N) is 4. The van der Waals surface area contributed by atoms with Gasteiger partial charge in [0.25, 0.3) is 0 Å². The molecule has 1 atom stereocenters. The van der Waals surface area contributed by atoms with Gasteiger partial charge in [0.1, 0.15) is 5.82 Å². The average molecular weight is 338 g/mol. The highest BCUT2D eigenvalue weighted by atomic mass is 16.2. The molecule has 1 aliphatic heterocycles. The van der Waals surface area contributed by atoms with Crippen LogP contribution in [0.15, 0.2) is 35.6 Å². The third kappa shape index (κ3) is 2.87. The van der Waals surface area contributed by atoms with E-state index < -0.39 is 11.7 Å². The molecule has 0 spiro atoms. The molecule has 0 radical (unpaired) electrons. The Bertz CT molecular complexity index is 828. The lowest BCUT2D eigenvalue weighted by Gasteiger charge is -2.26. The fourth-order valence-corrected chi connectivity index (χ4v) is 3.01. The van der Waals surface area contributed by atoms with Gasteiger partial charge < -0.3 is 5.32 Å². The minimum Gasteiger partial charge on any atom is -0.344 e. The van der Waals surface area contributed by atoms with Crippen molar-refractivity contribution in [3.8, 4) is 11.1 Å². The van der Waals surface area contributed by atoms with E-state index in [9.17, 15) is 4.79 Å². The Balaban J connectivity index is 2.07. The van der Waals surface area contributed by atoms with Gasteiger partial charge in [0, 0.05) is 25.0 Å². The molecule has 3 rings (SSSR count). The summed E-state index contributed by atoms with van der Waals surface area (Å²) in [4.78, 5) is 26.8. The zero-order valence-electron chi connectivity index (χ0n) is 14.8. The highest BCUT2D eigenvalue weighted by Crippen LogP contribution is 2.43. The predicted molar refractivity (Wildman–Crippen MR) is 98.2 cm³/mol. The lowest BCUT2D eigenvalue weighted by molar-refractivity contribution is -0.122. The topological polar surface area (TPSA) is 96.5 Å². The molecular weight excluding hydrogens is 316 g/mol. The van der Waals surface area contributed by atoms with Gasteiger partial charge in [-0.15, -0.1) is 0 Å². The normalized spacial score (nSPS) is 17.0. The van der Waals surface area contributed by atoms with Crippen LogP contribution in [-0.4, -0.2) is 35.6 Å². The average Bonchev–Trinajstić information content (AvgIpc) is 2.79. The van der Waals surface area contributed by atoms with E-state index in [1.165, 1.54) is 6.34 Å². The largest absolute Gasteiger partial charge is 0.344 e. The van der Waals surface area contributed by atoms with E-state index in [4.69, 9.17) is 5.73 Å². The second kappa shape index (κ2) is 6.25. The number of aryl methyl sites for hydroxylation is 1. The first kappa shape index (κ1) is 17.0. The molecular formula is C18H22N6O. The Morgan fingerprint density at radius 1 is 1.28 bits per heavy atom. The summed E-state index contributed by atoms with van der Waals surface area (Å²) >= 11 is 0. The van der Waals surface area contributed by atoms with E-state index in [0.717, 1.165) is 22.4 Å². The van der Waals surface area contributed by atoms with E-state index in [-0.39, 0.29) is 5.91 Å². The van der Waals surface area contributed by atoms with Crippen LogP contribution < -0.4 is 16.0 Å². The van der Waals surface area contributed by atoms with Crippen LogP contribution in [0.2, 0.25) is 0 Å². The second-order valence-electron chi connectivity index (χ2n) is 6.55. The van der Waals surface area contributed by atoms with E-state index in [2.05, 4.69) is 20.3 Å². The number of hydrogen-bond donors (Lipinski definition) is 2. The summed E-state index contributed by atoms with van der Waals surface area (Å²) in [5.74, 6) is 0.664. The number of rotatable bonds is 4. The molecule has 0 aliphatic carbocycles. The summed E-state index contributed by atoms with van der Waals surface area (Å²) in [6.07, 6.45) is 4.35. The Kier molecular flexibility index (Phi) is 4.26. The molecule has 0 saturated heterocycles. The molecule has 7 heteroatoms. The standard InChI is InChI=1S/C18H22N6O/c1-11-21-8-13(9-22-11)12-5-6-14-15(7-12)24(16(25)18(14,2)3)17(19)23-10-20-4/h5-10,17H,19H2,1-4H3,(H,20,23). The lowest BCUT2D eigenvalue weighted by Crippen LogP contribution is -2.55. The molecule has 1 amide bonds. The van der Waals surface area contributed by atoms with Crippen molar-refractivity contribution < 1.29 is 4.79 Å². The highest BCUT2D eigenvalue weighted by molar-refractivity contribution is 6.08. The van der Waals surface area contributed by atoms with Gasteiger partial charge in [0.2, 0.25) is 5.91 Å². The third-order valence-electron chi connectivity index (χ3n) is 4.45. The van der Waals surface area contributed by atoms with Gasteiger partial charge in [0.15, 0.2) is 6.29 Å². The molecule has 25 heavy (non-hydrogen) atoms. The van der Waals surface area contributed by atoms with Gasteiger partial charge in [-0.1, -0.05) is 12.1 Å². The Morgan fingerprint density at radius 3 is 2.60 bits per heavy atom. The van der Waals surface area contributed by atoms with Crippen LogP contribution in [0.25, 0.3) is 11.1 Å². The van der Waals surface area contributed by atoms with Crippen molar-refractivity contribution in [2.24, 2.45) is 10.7 Å². The molecule has 130 valence electrons. The number of benzene rings is 1. The molecule has 0 saturated carbocycles. The maximum Gasteiger partial charge on any atom is 0.239 e. The molecule has 2 aromatic rings. The van der Waals surface area contributed by atoms with Gasteiger partial charge >= 0.3 is 0 Å². The third-order valence-corrected chi connectivity index (χ3v) is 4.45. The zero-order chi connectivity index (χ0) is 18.2. The van der Waals surface area contributed by atoms with Crippen LogP contribution in [0.5, 0.6) is 0 Å². The number of amides is 1. The molecule has 1 unspecified atom stereocenters. The molecule has 1 aromatic carbocycles. The minimum absolute atomic E-state index is 0.0516. The number of fused-ring (bicyclic) bond motifs is 1. The van der Waals surface area contributed by atoms with Crippen molar-refractivity contribution >= 4 is 17.9 Å². The number of nitrogens with one attached hydrogen (secondary N) is 1. The van der Waals surface area contributed by atoms with Crippen LogP contribution in [0.3, 0.4) is 0 Å². The van der Waals surface area contributed by atoms with Crippen molar-refractivity contribution in [1.29, 1.82) is 0 Å². The molecule has 0 fully saturated rings. The van der Waals surface area contributed by atoms with Crippen LogP contribution in [0, 0.1) is 6.92 Å². The van der Waals surface area contributed by atoms with Crippen LogP contribution >= 0.6 is 0 Å². The minimum atomic E-state index is -0.693. The van der Waals surface area contributed by atoms with E-state index in [1.807, 2.05) is 39.0 Å². The number of carbonyl (C=O) groups excluding carboxylic acids is 1. The van der Waals surface area contributed by atoms with Gasteiger partial charge in [0.05, 0.1) is 17.4 Å². The fraction of sp³-hybridized carbons (Fsp3) is 0.333. The van der Waals surface area contributed by atoms with E-state index >= 15 is 0 Å². The summed E-state index contributed by atoms with van der Waals surface area (Å²) in [6, 6.07) is 5.92. The van der Waals surface area contributed by atoms with Crippen molar-refractivity contribution in [3.05, 3.63) is 42.0 Å². The SMILES string of the molecule is CN=CNC(N)N1C(=O)C(C)(C)c2ccc(-c3cnc(C)nc3)cc21. The number of aliphatic imine (C=N–C) groups is 1. The molecule has 1 aromatic heterocycles.